The summed E-state index contributed by atoms with van der Waals surface area (Å²) in [5.41, 5.74) is 1.07. The third-order valence-corrected chi connectivity index (χ3v) is 4.01. The molecule has 1 aliphatic rings. The molecule has 2 N–H and O–H groups in total. The van der Waals surface area contributed by atoms with Crippen molar-refractivity contribution >= 4 is 6.09 Å². The molecule has 0 aromatic heterocycles. The number of morpholine rings is 1. The quantitative estimate of drug-likeness (QED) is 0.897. The number of amides is 1. The Balaban J connectivity index is 2.03. The lowest BCUT2D eigenvalue weighted by Gasteiger charge is -2.42. The molecule has 1 saturated heterocycles. The summed E-state index contributed by atoms with van der Waals surface area (Å²) < 4.78 is 5.87. The first-order valence-electron chi connectivity index (χ1n) is 7.73. The molecule has 0 saturated carbocycles. The largest absolute Gasteiger partial charge is 0.465 e. The van der Waals surface area contributed by atoms with Crippen LogP contribution in [0.2, 0.25) is 0 Å². The smallest absolute Gasteiger partial charge is 0.404 e. The molecule has 1 fully saturated rings. The van der Waals surface area contributed by atoms with Crippen LogP contribution in [0.3, 0.4) is 0 Å². The zero-order chi connectivity index (χ0) is 16.2. The first-order chi connectivity index (χ1) is 10.4. The van der Waals surface area contributed by atoms with Gasteiger partial charge >= 0.3 is 6.09 Å². The van der Waals surface area contributed by atoms with Crippen molar-refractivity contribution in [2.45, 2.75) is 39.5 Å². The van der Waals surface area contributed by atoms with E-state index in [2.05, 4.69) is 22.3 Å². The molecule has 1 heterocycles. The van der Waals surface area contributed by atoms with Crippen molar-refractivity contribution in [1.29, 1.82) is 0 Å². The van der Waals surface area contributed by atoms with Crippen molar-refractivity contribution in [3.05, 3.63) is 35.9 Å². The normalized spacial score (nSPS) is 21.3. The maximum absolute atomic E-state index is 11.1. The van der Waals surface area contributed by atoms with Crippen LogP contribution in [0.15, 0.2) is 30.3 Å². The molecule has 122 valence electrons. The summed E-state index contributed by atoms with van der Waals surface area (Å²) >= 11 is 0. The van der Waals surface area contributed by atoms with Crippen molar-refractivity contribution in [2.75, 3.05) is 19.7 Å². The highest BCUT2D eigenvalue weighted by Crippen LogP contribution is 2.26. The predicted molar refractivity (Wildman–Crippen MR) is 85.9 cm³/mol. The van der Waals surface area contributed by atoms with E-state index >= 15 is 0 Å². The summed E-state index contributed by atoms with van der Waals surface area (Å²) in [5, 5.41) is 11.7. The van der Waals surface area contributed by atoms with Crippen LogP contribution in [0.4, 0.5) is 4.79 Å². The second-order valence-corrected chi connectivity index (χ2v) is 6.92. The summed E-state index contributed by atoms with van der Waals surface area (Å²) in [7, 11) is 0. The minimum absolute atomic E-state index is 0.131. The number of ether oxygens (including phenoxy) is 1. The molecule has 0 aliphatic carbocycles. The average Bonchev–Trinajstić information content (AvgIpc) is 2.45. The molecule has 1 aromatic carbocycles. The van der Waals surface area contributed by atoms with Gasteiger partial charge in [-0.15, -0.1) is 0 Å². The van der Waals surface area contributed by atoms with Crippen LogP contribution in [0, 0.1) is 5.41 Å². The molecule has 0 bridgehead atoms. The molecular weight excluding hydrogens is 280 g/mol. The predicted octanol–water partition coefficient (Wildman–Crippen LogP) is 2.57. The zero-order valence-electron chi connectivity index (χ0n) is 13.6. The molecule has 22 heavy (non-hydrogen) atoms. The highest BCUT2D eigenvalue weighted by Gasteiger charge is 2.37. The molecule has 0 spiro atoms. The molecule has 2 atom stereocenters. The van der Waals surface area contributed by atoms with Gasteiger partial charge in [-0.3, -0.25) is 4.90 Å². The molecule has 5 nitrogen and oxygen atoms in total. The Hall–Kier alpha value is -1.59. The van der Waals surface area contributed by atoms with Gasteiger partial charge in [-0.05, 0) is 11.0 Å². The maximum atomic E-state index is 11.1. The topological polar surface area (TPSA) is 61.8 Å². The van der Waals surface area contributed by atoms with E-state index in [4.69, 9.17) is 9.84 Å². The van der Waals surface area contributed by atoms with Crippen LogP contribution >= 0.6 is 0 Å². The monoisotopic (exact) mass is 306 g/mol. The van der Waals surface area contributed by atoms with Crippen LogP contribution in [-0.2, 0) is 11.3 Å². The van der Waals surface area contributed by atoms with Gasteiger partial charge in [-0.25, -0.2) is 4.79 Å². The van der Waals surface area contributed by atoms with Crippen molar-refractivity contribution in [1.82, 2.24) is 10.2 Å². The van der Waals surface area contributed by atoms with Gasteiger partial charge in [-0.1, -0.05) is 51.1 Å². The van der Waals surface area contributed by atoms with Crippen LogP contribution in [0.5, 0.6) is 0 Å². The lowest BCUT2D eigenvalue weighted by atomic mass is 9.82. The van der Waals surface area contributed by atoms with Crippen molar-refractivity contribution < 1.29 is 14.6 Å². The Morgan fingerprint density at radius 1 is 1.41 bits per heavy atom. The average molecular weight is 306 g/mol. The number of hydrogen-bond donors (Lipinski definition) is 2. The fraction of sp³-hybridized carbons (Fsp3) is 0.588. The van der Waals surface area contributed by atoms with E-state index in [-0.39, 0.29) is 17.6 Å². The molecule has 5 heteroatoms. The van der Waals surface area contributed by atoms with Crippen LogP contribution in [0.25, 0.3) is 0 Å². The minimum Gasteiger partial charge on any atom is -0.465 e. The van der Waals surface area contributed by atoms with Crippen LogP contribution in [-0.4, -0.2) is 47.9 Å². The highest BCUT2D eigenvalue weighted by atomic mass is 16.5. The third-order valence-electron chi connectivity index (χ3n) is 4.01. The number of rotatable bonds is 4. The molecule has 2 rings (SSSR count). The van der Waals surface area contributed by atoms with Crippen LogP contribution in [0.1, 0.15) is 26.3 Å². The lowest BCUT2D eigenvalue weighted by Crippen LogP contribution is -2.57. The second kappa shape index (κ2) is 7.11. The van der Waals surface area contributed by atoms with E-state index < -0.39 is 6.09 Å². The highest BCUT2D eigenvalue weighted by molar-refractivity contribution is 5.65. The number of carboxylic acid groups (broad SMARTS) is 1. The van der Waals surface area contributed by atoms with Crippen molar-refractivity contribution in [3.8, 4) is 0 Å². The number of nitrogens with zero attached hydrogens (tertiary/aromatic N) is 1. The first-order valence-corrected chi connectivity index (χ1v) is 7.73. The van der Waals surface area contributed by atoms with E-state index in [1.165, 1.54) is 5.56 Å². The Labute approximate surface area is 132 Å². The second-order valence-electron chi connectivity index (χ2n) is 6.92. The van der Waals surface area contributed by atoms with Gasteiger partial charge in [0, 0.05) is 19.6 Å². The molecule has 2 unspecified atom stereocenters. The Bertz CT molecular complexity index is 484. The zero-order valence-corrected chi connectivity index (χ0v) is 13.6. The summed E-state index contributed by atoms with van der Waals surface area (Å²) in [6.45, 7) is 9.20. The van der Waals surface area contributed by atoms with Gasteiger partial charge in [0.1, 0.15) is 0 Å². The number of nitrogens with one attached hydrogen (secondary N) is 1. The van der Waals surface area contributed by atoms with E-state index in [1.807, 2.05) is 39.0 Å². The van der Waals surface area contributed by atoms with Crippen molar-refractivity contribution in [3.63, 3.8) is 0 Å². The number of carbonyl (C=O) groups is 1. The van der Waals surface area contributed by atoms with Crippen LogP contribution < -0.4 is 5.32 Å². The van der Waals surface area contributed by atoms with E-state index in [1.54, 1.807) is 0 Å². The van der Waals surface area contributed by atoms with Gasteiger partial charge < -0.3 is 15.2 Å². The summed E-state index contributed by atoms with van der Waals surface area (Å²) in [4.78, 5) is 13.4. The van der Waals surface area contributed by atoms with Gasteiger partial charge in [0.25, 0.3) is 0 Å². The minimum atomic E-state index is -0.997. The third kappa shape index (κ3) is 4.71. The fourth-order valence-corrected chi connectivity index (χ4v) is 2.92. The molecular formula is C17H26N2O3. The molecule has 1 amide bonds. The summed E-state index contributed by atoms with van der Waals surface area (Å²) in [6, 6.07) is 10.1. The van der Waals surface area contributed by atoms with Gasteiger partial charge in [0.2, 0.25) is 0 Å². The standard InChI is InChI=1S/C17H26N2O3/c1-17(2,3)15(18-16(20)21)14-12-19(9-10-22-14)11-13-7-5-4-6-8-13/h4-8,14-15,18H,9-12H2,1-3H3,(H,20,21). The first kappa shape index (κ1) is 16.8. The SMILES string of the molecule is CC(C)(C)C(NC(=O)O)C1CN(Cc2ccccc2)CCO1. The van der Waals surface area contributed by atoms with Gasteiger partial charge in [-0.2, -0.15) is 0 Å². The summed E-state index contributed by atoms with van der Waals surface area (Å²) in [5.74, 6) is 0. The van der Waals surface area contributed by atoms with E-state index in [0.717, 1.165) is 19.6 Å². The molecule has 1 aliphatic heterocycles. The Morgan fingerprint density at radius 3 is 2.68 bits per heavy atom. The number of hydrogen-bond acceptors (Lipinski definition) is 3. The van der Waals surface area contributed by atoms with E-state index in [9.17, 15) is 4.79 Å². The summed E-state index contributed by atoms with van der Waals surface area (Å²) in [6.07, 6.45) is -1.13. The fourth-order valence-electron chi connectivity index (χ4n) is 2.92. The maximum Gasteiger partial charge on any atom is 0.404 e. The lowest BCUT2D eigenvalue weighted by molar-refractivity contribution is -0.0660. The Kier molecular flexibility index (Phi) is 5.42. The van der Waals surface area contributed by atoms with Crippen molar-refractivity contribution in [2.24, 2.45) is 5.41 Å². The number of benzene rings is 1. The van der Waals surface area contributed by atoms with Gasteiger partial charge in [0.15, 0.2) is 0 Å². The van der Waals surface area contributed by atoms with Gasteiger partial charge in [0.05, 0.1) is 18.8 Å². The molecule has 0 radical (unpaired) electrons. The van der Waals surface area contributed by atoms with E-state index in [0.29, 0.717) is 6.61 Å². The molecule has 1 aromatic rings. The Morgan fingerprint density at radius 2 is 2.09 bits per heavy atom.